The standard InChI is InChI=1S/C16H23ClN2O/c1-11(2)15(12-5-4-6-13(17)9-12)16(20)19(3)14-7-8-18-10-14/h4-6,9,11,14-15,18H,7-8,10H2,1-3H3. The van der Waals surface area contributed by atoms with Crippen LogP contribution in [0.3, 0.4) is 0 Å². The van der Waals surface area contributed by atoms with Crippen molar-refractivity contribution in [1.29, 1.82) is 0 Å². The van der Waals surface area contributed by atoms with Gasteiger partial charge in [0.15, 0.2) is 0 Å². The highest BCUT2D eigenvalue weighted by atomic mass is 35.5. The molecule has 1 aliphatic rings. The fourth-order valence-electron chi connectivity index (χ4n) is 2.88. The molecule has 2 unspecified atom stereocenters. The molecule has 1 amide bonds. The van der Waals surface area contributed by atoms with Gasteiger partial charge in [-0.15, -0.1) is 0 Å². The Hall–Kier alpha value is -1.06. The van der Waals surface area contributed by atoms with Crippen molar-refractivity contribution in [2.45, 2.75) is 32.2 Å². The van der Waals surface area contributed by atoms with Gasteiger partial charge in [0.1, 0.15) is 0 Å². The number of likely N-dealkylation sites (N-methyl/N-ethyl adjacent to an activating group) is 1. The van der Waals surface area contributed by atoms with Crippen LogP contribution in [0, 0.1) is 5.92 Å². The molecule has 0 aromatic heterocycles. The number of benzene rings is 1. The average Bonchev–Trinajstić information content (AvgIpc) is 2.91. The van der Waals surface area contributed by atoms with Gasteiger partial charge in [-0.1, -0.05) is 37.6 Å². The van der Waals surface area contributed by atoms with Crippen LogP contribution in [-0.2, 0) is 4.79 Å². The van der Waals surface area contributed by atoms with E-state index < -0.39 is 0 Å². The van der Waals surface area contributed by atoms with E-state index in [1.807, 2.05) is 36.2 Å². The van der Waals surface area contributed by atoms with Crippen LogP contribution < -0.4 is 5.32 Å². The molecular formula is C16H23ClN2O. The largest absolute Gasteiger partial charge is 0.341 e. The number of hydrogen-bond acceptors (Lipinski definition) is 2. The smallest absolute Gasteiger partial charge is 0.230 e. The minimum absolute atomic E-state index is 0.126. The van der Waals surface area contributed by atoms with E-state index in [4.69, 9.17) is 11.6 Å². The molecule has 0 radical (unpaired) electrons. The molecule has 1 fully saturated rings. The Balaban J connectivity index is 2.21. The monoisotopic (exact) mass is 294 g/mol. The molecule has 20 heavy (non-hydrogen) atoms. The lowest BCUT2D eigenvalue weighted by atomic mass is 9.87. The lowest BCUT2D eigenvalue weighted by molar-refractivity contribution is -0.134. The van der Waals surface area contributed by atoms with Crippen molar-refractivity contribution in [2.24, 2.45) is 5.92 Å². The van der Waals surface area contributed by atoms with E-state index in [0.717, 1.165) is 25.1 Å². The zero-order chi connectivity index (χ0) is 14.7. The first-order chi connectivity index (χ1) is 9.50. The maximum absolute atomic E-state index is 12.8. The van der Waals surface area contributed by atoms with E-state index in [1.165, 1.54) is 0 Å². The van der Waals surface area contributed by atoms with Crippen molar-refractivity contribution in [3.05, 3.63) is 34.9 Å². The Morgan fingerprint density at radius 2 is 2.20 bits per heavy atom. The predicted molar refractivity (Wildman–Crippen MR) is 83.1 cm³/mol. The summed E-state index contributed by atoms with van der Waals surface area (Å²) in [5, 5.41) is 4.00. The second-order valence-electron chi connectivity index (χ2n) is 5.87. The van der Waals surface area contributed by atoms with Crippen molar-refractivity contribution in [2.75, 3.05) is 20.1 Å². The topological polar surface area (TPSA) is 32.3 Å². The molecule has 4 heteroatoms. The lowest BCUT2D eigenvalue weighted by Gasteiger charge is -2.30. The number of carbonyl (C=O) groups excluding carboxylic acids is 1. The summed E-state index contributed by atoms with van der Waals surface area (Å²) >= 11 is 6.07. The van der Waals surface area contributed by atoms with Gasteiger partial charge in [0, 0.05) is 24.7 Å². The van der Waals surface area contributed by atoms with E-state index in [0.29, 0.717) is 11.1 Å². The predicted octanol–water partition coefficient (Wildman–Crippen LogP) is 2.90. The summed E-state index contributed by atoms with van der Waals surface area (Å²) < 4.78 is 0. The van der Waals surface area contributed by atoms with Gasteiger partial charge in [-0.2, -0.15) is 0 Å². The van der Waals surface area contributed by atoms with Crippen LogP contribution >= 0.6 is 11.6 Å². The maximum Gasteiger partial charge on any atom is 0.230 e. The molecule has 110 valence electrons. The Bertz CT molecular complexity index is 469. The number of nitrogens with one attached hydrogen (secondary N) is 1. The van der Waals surface area contributed by atoms with E-state index >= 15 is 0 Å². The van der Waals surface area contributed by atoms with Gasteiger partial charge in [-0.25, -0.2) is 0 Å². The summed E-state index contributed by atoms with van der Waals surface area (Å²) in [5.41, 5.74) is 1.01. The molecule has 0 bridgehead atoms. The van der Waals surface area contributed by atoms with Crippen molar-refractivity contribution < 1.29 is 4.79 Å². The van der Waals surface area contributed by atoms with E-state index in [-0.39, 0.29) is 17.7 Å². The summed E-state index contributed by atoms with van der Waals surface area (Å²) in [6.45, 7) is 6.06. The van der Waals surface area contributed by atoms with Crippen LogP contribution in [0.25, 0.3) is 0 Å². The van der Waals surface area contributed by atoms with Crippen molar-refractivity contribution in [1.82, 2.24) is 10.2 Å². The summed E-state index contributed by atoms with van der Waals surface area (Å²) in [6, 6.07) is 7.97. The summed E-state index contributed by atoms with van der Waals surface area (Å²) in [4.78, 5) is 14.7. The minimum Gasteiger partial charge on any atom is -0.341 e. The Kier molecular flexibility index (Phi) is 5.06. The first-order valence-corrected chi connectivity index (χ1v) is 7.61. The van der Waals surface area contributed by atoms with Gasteiger partial charge in [0.25, 0.3) is 0 Å². The third-order valence-electron chi connectivity index (χ3n) is 4.07. The van der Waals surface area contributed by atoms with Crippen LogP contribution in [-0.4, -0.2) is 37.0 Å². The molecule has 1 aromatic rings. The van der Waals surface area contributed by atoms with Crippen LogP contribution in [0.1, 0.15) is 31.7 Å². The minimum atomic E-state index is -0.126. The number of nitrogens with zero attached hydrogens (tertiary/aromatic N) is 1. The van der Waals surface area contributed by atoms with Gasteiger partial charge in [0.2, 0.25) is 5.91 Å². The molecule has 1 aromatic carbocycles. The SMILES string of the molecule is CC(C)C(C(=O)N(C)C1CCNC1)c1cccc(Cl)c1. The van der Waals surface area contributed by atoms with E-state index in [2.05, 4.69) is 19.2 Å². The molecular weight excluding hydrogens is 272 g/mol. The zero-order valence-electron chi connectivity index (χ0n) is 12.4. The normalized spacial score (nSPS) is 20.1. The van der Waals surface area contributed by atoms with Crippen molar-refractivity contribution >= 4 is 17.5 Å². The number of rotatable bonds is 4. The maximum atomic E-state index is 12.8. The first-order valence-electron chi connectivity index (χ1n) is 7.23. The molecule has 1 heterocycles. The molecule has 2 rings (SSSR count). The van der Waals surface area contributed by atoms with E-state index in [1.54, 1.807) is 0 Å². The molecule has 1 N–H and O–H groups in total. The zero-order valence-corrected chi connectivity index (χ0v) is 13.2. The number of hydrogen-bond donors (Lipinski definition) is 1. The lowest BCUT2D eigenvalue weighted by Crippen LogP contribution is -2.42. The quantitative estimate of drug-likeness (QED) is 0.926. The fourth-order valence-corrected chi connectivity index (χ4v) is 3.08. The van der Waals surface area contributed by atoms with Gasteiger partial charge in [-0.3, -0.25) is 4.79 Å². The van der Waals surface area contributed by atoms with Gasteiger partial charge in [0.05, 0.1) is 5.92 Å². The van der Waals surface area contributed by atoms with Gasteiger partial charge >= 0.3 is 0 Å². The molecule has 1 saturated heterocycles. The number of amides is 1. The molecule has 1 aliphatic heterocycles. The number of halogens is 1. The Morgan fingerprint density at radius 3 is 2.75 bits per heavy atom. The highest BCUT2D eigenvalue weighted by molar-refractivity contribution is 6.30. The number of carbonyl (C=O) groups is 1. The van der Waals surface area contributed by atoms with Crippen LogP contribution in [0.4, 0.5) is 0 Å². The molecule has 0 aliphatic carbocycles. The van der Waals surface area contributed by atoms with Crippen LogP contribution in [0.15, 0.2) is 24.3 Å². The Labute approximate surface area is 126 Å². The summed E-state index contributed by atoms with van der Waals surface area (Å²) in [7, 11) is 1.92. The third-order valence-corrected chi connectivity index (χ3v) is 4.31. The van der Waals surface area contributed by atoms with E-state index in [9.17, 15) is 4.79 Å². The fraction of sp³-hybridized carbons (Fsp3) is 0.562. The average molecular weight is 295 g/mol. The molecule has 2 atom stereocenters. The first kappa shape index (κ1) is 15.3. The highest BCUT2D eigenvalue weighted by Gasteiger charge is 2.31. The second-order valence-corrected chi connectivity index (χ2v) is 6.31. The van der Waals surface area contributed by atoms with Crippen LogP contribution in [0.5, 0.6) is 0 Å². The van der Waals surface area contributed by atoms with Gasteiger partial charge in [-0.05, 0) is 36.6 Å². The Morgan fingerprint density at radius 1 is 1.45 bits per heavy atom. The summed E-state index contributed by atoms with van der Waals surface area (Å²) in [5.74, 6) is 0.313. The third kappa shape index (κ3) is 3.33. The second kappa shape index (κ2) is 6.59. The molecule has 3 nitrogen and oxygen atoms in total. The van der Waals surface area contributed by atoms with Crippen molar-refractivity contribution in [3.63, 3.8) is 0 Å². The summed E-state index contributed by atoms with van der Waals surface area (Å²) in [6.07, 6.45) is 1.03. The molecule has 0 saturated carbocycles. The van der Waals surface area contributed by atoms with Gasteiger partial charge < -0.3 is 10.2 Å². The van der Waals surface area contributed by atoms with Crippen LogP contribution in [0.2, 0.25) is 5.02 Å². The van der Waals surface area contributed by atoms with Crippen molar-refractivity contribution in [3.8, 4) is 0 Å². The molecule has 0 spiro atoms. The highest BCUT2D eigenvalue weighted by Crippen LogP contribution is 2.29.